The Morgan fingerprint density at radius 3 is 1.97 bits per heavy atom. The van der Waals surface area contributed by atoms with Crippen molar-refractivity contribution in [3.63, 3.8) is 0 Å². The lowest BCUT2D eigenvalue weighted by molar-refractivity contribution is 0.805. The maximum absolute atomic E-state index is 4.77. The highest BCUT2D eigenvalue weighted by Gasteiger charge is 2.20. The number of hydrogen-bond donors (Lipinski definition) is 0. The van der Waals surface area contributed by atoms with E-state index in [4.69, 9.17) is 4.98 Å². The first kappa shape index (κ1) is 20.6. The molecule has 0 N–H and O–H groups in total. The van der Waals surface area contributed by atoms with Crippen LogP contribution in [0, 0.1) is 0 Å². The van der Waals surface area contributed by atoms with Gasteiger partial charge in [-0.05, 0) is 52.3 Å². The second-order valence-corrected chi connectivity index (χ2v) is 9.23. The van der Waals surface area contributed by atoms with Crippen molar-refractivity contribution in [3.8, 4) is 28.2 Å². The van der Waals surface area contributed by atoms with Gasteiger partial charge in [0.1, 0.15) is 5.82 Å². The van der Waals surface area contributed by atoms with Crippen LogP contribution in [-0.2, 0) is 0 Å². The summed E-state index contributed by atoms with van der Waals surface area (Å²) in [6, 6.07) is 23.6. The summed E-state index contributed by atoms with van der Waals surface area (Å²) in [5.41, 5.74) is 7.44. The third-order valence-corrected chi connectivity index (χ3v) is 5.95. The molecule has 0 amide bonds. The molecule has 0 bridgehead atoms. The molecule has 4 aromatic rings. The van der Waals surface area contributed by atoms with Crippen molar-refractivity contribution in [2.24, 2.45) is 0 Å². The number of benzene rings is 3. The summed E-state index contributed by atoms with van der Waals surface area (Å²) in [5, 5.41) is 0. The summed E-state index contributed by atoms with van der Waals surface area (Å²) in [7, 11) is 0. The summed E-state index contributed by atoms with van der Waals surface area (Å²) in [5.74, 6) is 1.78. The monoisotopic (exact) mass is 458 g/mol. The lowest BCUT2D eigenvalue weighted by Crippen LogP contribution is -2.08. The van der Waals surface area contributed by atoms with E-state index in [0.29, 0.717) is 11.8 Å². The highest BCUT2D eigenvalue weighted by atomic mass is 79.9. The van der Waals surface area contributed by atoms with Gasteiger partial charge in [0.2, 0.25) is 0 Å². The Hall–Kier alpha value is -2.65. The van der Waals surface area contributed by atoms with Gasteiger partial charge in [-0.1, -0.05) is 92.2 Å². The third kappa shape index (κ3) is 3.99. The Bertz CT molecular complexity index is 1130. The fourth-order valence-corrected chi connectivity index (χ4v) is 4.46. The van der Waals surface area contributed by atoms with Crippen LogP contribution in [0.5, 0.6) is 0 Å². The average molecular weight is 459 g/mol. The molecular formula is C27H27BrN2. The standard InChI is InChI=1S/C27H27BrN2/c1-18(2)24-16-23(28)17-25(19(3)4)26(24)30-14-13-29-27(30)22-12-8-11-21(15-22)20-9-6-5-7-10-20/h5-19H,1-4H3. The lowest BCUT2D eigenvalue weighted by Gasteiger charge is -2.22. The first-order chi connectivity index (χ1) is 14.5. The largest absolute Gasteiger partial charge is 0.299 e. The highest BCUT2D eigenvalue weighted by Crippen LogP contribution is 2.36. The van der Waals surface area contributed by atoms with Gasteiger partial charge < -0.3 is 0 Å². The van der Waals surface area contributed by atoms with Crippen LogP contribution in [0.3, 0.4) is 0 Å². The van der Waals surface area contributed by atoms with Crippen molar-refractivity contribution in [2.75, 3.05) is 0 Å². The molecule has 0 radical (unpaired) electrons. The molecule has 152 valence electrons. The Labute approximate surface area is 187 Å². The molecule has 3 heteroatoms. The molecule has 0 fully saturated rings. The fourth-order valence-electron chi connectivity index (χ4n) is 3.97. The van der Waals surface area contributed by atoms with Crippen LogP contribution in [0.2, 0.25) is 0 Å². The summed E-state index contributed by atoms with van der Waals surface area (Å²) >= 11 is 3.72. The SMILES string of the molecule is CC(C)c1cc(Br)cc(C(C)C)c1-n1ccnc1-c1cccc(-c2ccccc2)c1. The second-order valence-electron chi connectivity index (χ2n) is 8.31. The number of halogens is 1. The van der Waals surface area contributed by atoms with E-state index in [2.05, 4.69) is 121 Å². The van der Waals surface area contributed by atoms with Gasteiger partial charge in [-0.15, -0.1) is 0 Å². The first-order valence-electron chi connectivity index (χ1n) is 10.5. The van der Waals surface area contributed by atoms with E-state index in [0.717, 1.165) is 15.9 Å². The molecule has 0 spiro atoms. The van der Waals surface area contributed by atoms with Gasteiger partial charge in [0.15, 0.2) is 0 Å². The van der Waals surface area contributed by atoms with E-state index < -0.39 is 0 Å². The summed E-state index contributed by atoms with van der Waals surface area (Å²) < 4.78 is 3.40. The molecule has 0 aliphatic rings. The van der Waals surface area contributed by atoms with Crippen LogP contribution >= 0.6 is 15.9 Å². The molecule has 1 heterocycles. The zero-order valence-corrected chi connectivity index (χ0v) is 19.5. The molecule has 0 aliphatic heterocycles. The normalized spacial score (nSPS) is 11.4. The molecule has 1 aromatic heterocycles. The molecule has 0 saturated carbocycles. The minimum Gasteiger partial charge on any atom is -0.299 e. The van der Waals surface area contributed by atoms with E-state index in [1.165, 1.54) is 27.9 Å². The Balaban J connectivity index is 1.90. The van der Waals surface area contributed by atoms with Crippen molar-refractivity contribution < 1.29 is 0 Å². The smallest absolute Gasteiger partial charge is 0.144 e. The van der Waals surface area contributed by atoms with E-state index in [-0.39, 0.29) is 0 Å². The summed E-state index contributed by atoms with van der Waals surface area (Å²) in [6.45, 7) is 9.01. The molecular weight excluding hydrogens is 432 g/mol. The zero-order valence-electron chi connectivity index (χ0n) is 17.9. The number of imidazole rings is 1. The van der Waals surface area contributed by atoms with Gasteiger partial charge in [-0.3, -0.25) is 4.57 Å². The van der Waals surface area contributed by atoms with Crippen molar-refractivity contribution in [3.05, 3.63) is 94.7 Å². The highest BCUT2D eigenvalue weighted by molar-refractivity contribution is 9.10. The third-order valence-electron chi connectivity index (χ3n) is 5.49. The second kappa shape index (κ2) is 8.61. The Morgan fingerprint density at radius 1 is 0.733 bits per heavy atom. The summed E-state index contributed by atoms with van der Waals surface area (Å²) in [6.07, 6.45) is 3.99. The lowest BCUT2D eigenvalue weighted by atomic mass is 9.92. The van der Waals surface area contributed by atoms with Gasteiger partial charge in [0.05, 0.1) is 5.69 Å². The molecule has 4 rings (SSSR count). The number of aromatic nitrogens is 2. The summed E-state index contributed by atoms with van der Waals surface area (Å²) in [4.78, 5) is 4.77. The Kier molecular flexibility index (Phi) is 5.92. The van der Waals surface area contributed by atoms with Crippen LogP contribution in [0.4, 0.5) is 0 Å². The maximum atomic E-state index is 4.77. The van der Waals surface area contributed by atoms with Crippen molar-refractivity contribution in [1.29, 1.82) is 0 Å². The van der Waals surface area contributed by atoms with Crippen LogP contribution in [0.15, 0.2) is 83.6 Å². The molecule has 0 atom stereocenters. The number of nitrogens with zero attached hydrogens (tertiary/aromatic N) is 2. The van der Waals surface area contributed by atoms with Crippen LogP contribution < -0.4 is 0 Å². The van der Waals surface area contributed by atoms with Crippen LogP contribution in [0.25, 0.3) is 28.2 Å². The van der Waals surface area contributed by atoms with Crippen molar-refractivity contribution >= 4 is 15.9 Å². The number of hydrogen-bond acceptors (Lipinski definition) is 1. The van der Waals surface area contributed by atoms with E-state index in [1.54, 1.807) is 0 Å². The van der Waals surface area contributed by atoms with Crippen molar-refractivity contribution in [1.82, 2.24) is 9.55 Å². The molecule has 0 saturated heterocycles. The van der Waals surface area contributed by atoms with Gasteiger partial charge in [-0.25, -0.2) is 4.98 Å². The van der Waals surface area contributed by atoms with Crippen LogP contribution in [-0.4, -0.2) is 9.55 Å². The van der Waals surface area contributed by atoms with E-state index in [9.17, 15) is 0 Å². The fraction of sp³-hybridized carbons (Fsp3) is 0.222. The van der Waals surface area contributed by atoms with Gasteiger partial charge in [0, 0.05) is 22.4 Å². The number of rotatable bonds is 5. The molecule has 3 aromatic carbocycles. The predicted octanol–water partition coefficient (Wildman–Crippen LogP) is 8.22. The topological polar surface area (TPSA) is 17.8 Å². The zero-order chi connectivity index (χ0) is 21.3. The maximum Gasteiger partial charge on any atom is 0.144 e. The average Bonchev–Trinajstić information content (AvgIpc) is 3.23. The van der Waals surface area contributed by atoms with Gasteiger partial charge in [0.25, 0.3) is 0 Å². The molecule has 2 nitrogen and oxygen atoms in total. The van der Waals surface area contributed by atoms with Crippen molar-refractivity contribution in [2.45, 2.75) is 39.5 Å². The van der Waals surface area contributed by atoms with Gasteiger partial charge in [-0.2, -0.15) is 0 Å². The predicted molar refractivity (Wildman–Crippen MR) is 130 cm³/mol. The quantitative estimate of drug-likeness (QED) is 0.294. The molecule has 0 aliphatic carbocycles. The van der Waals surface area contributed by atoms with Gasteiger partial charge >= 0.3 is 0 Å². The molecule has 0 unspecified atom stereocenters. The van der Waals surface area contributed by atoms with E-state index in [1.807, 2.05) is 6.20 Å². The van der Waals surface area contributed by atoms with Crippen LogP contribution in [0.1, 0.15) is 50.7 Å². The minimum absolute atomic E-state index is 0.404. The minimum atomic E-state index is 0.404. The Morgan fingerprint density at radius 2 is 1.33 bits per heavy atom. The van der Waals surface area contributed by atoms with E-state index >= 15 is 0 Å². The molecule has 30 heavy (non-hydrogen) atoms. The first-order valence-corrected chi connectivity index (χ1v) is 11.3.